The monoisotopic (exact) mass is 394 g/mol. The topological polar surface area (TPSA) is 49.4 Å². The molecule has 0 aliphatic carbocycles. The fourth-order valence-corrected chi connectivity index (χ4v) is 4.06. The second-order valence-corrected chi connectivity index (χ2v) is 8.87. The Morgan fingerprint density at radius 3 is 2.30 bits per heavy atom. The summed E-state index contributed by atoms with van der Waals surface area (Å²) in [5, 5.41) is 3.38. The number of piperidine rings is 1. The van der Waals surface area contributed by atoms with E-state index in [2.05, 4.69) is 35.3 Å². The van der Waals surface area contributed by atoms with Crippen molar-refractivity contribution in [3.8, 4) is 0 Å². The minimum atomic E-state index is -4.54. The number of rotatable bonds is 6. The zero-order chi connectivity index (χ0) is 19.4. The first-order chi connectivity index (χ1) is 12.9. The van der Waals surface area contributed by atoms with Gasteiger partial charge in [-0.05, 0) is 55.2 Å². The van der Waals surface area contributed by atoms with Gasteiger partial charge in [0.25, 0.3) is 0 Å². The number of anilines is 1. The molecule has 1 fully saturated rings. The summed E-state index contributed by atoms with van der Waals surface area (Å²) in [6.07, 6.45) is 1.95. The van der Waals surface area contributed by atoms with Gasteiger partial charge in [0.15, 0.2) is 0 Å². The first kappa shape index (κ1) is 19.8. The van der Waals surface area contributed by atoms with Crippen LogP contribution in [0.2, 0.25) is 0 Å². The lowest BCUT2D eigenvalue weighted by atomic mass is 10.0. The van der Waals surface area contributed by atoms with Crippen LogP contribution in [0.4, 0.5) is 14.5 Å². The standard InChI is InChI=1S/C20H24F2N2O2S/c1-15-4-2-3-5-16(15)14-24-12-10-18(11-13-24)23-17-6-8-19(9-7-17)27(25,26)20(21)22/h2-9,18,20,23H,10-14H2,1H3. The molecule has 1 N–H and O–H groups in total. The average Bonchev–Trinajstić information content (AvgIpc) is 2.65. The summed E-state index contributed by atoms with van der Waals surface area (Å²) < 4.78 is 48.1. The molecule has 4 nitrogen and oxygen atoms in total. The van der Waals surface area contributed by atoms with E-state index in [0.29, 0.717) is 0 Å². The summed E-state index contributed by atoms with van der Waals surface area (Å²) in [4.78, 5) is 2.08. The quantitative estimate of drug-likeness (QED) is 0.803. The Kier molecular flexibility index (Phi) is 6.11. The minimum Gasteiger partial charge on any atom is -0.382 e. The van der Waals surface area contributed by atoms with Crippen molar-refractivity contribution < 1.29 is 17.2 Å². The van der Waals surface area contributed by atoms with Crippen LogP contribution in [0, 0.1) is 6.92 Å². The number of nitrogens with zero attached hydrogens (tertiary/aromatic N) is 1. The zero-order valence-corrected chi connectivity index (χ0v) is 16.1. The molecule has 0 radical (unpaired) electrons. The van der Waals surface area contributed by atoms with Gasteiger partial charge in [-0.2, -0.15) is 8.78 Å². The van der Waals surface area contributed by atoms with Gasteiger partial charge in [-0.3, -0.25) is 4.90 Å². The van der Waals surface area contributed by atoms with E-state index in [1.54, 1.807) is 12.1 Å². The Hall–Kier alpha value is -1.99. The van der Waals surface area contributed by atoms with Crippen molar-refractivity contribution in [2.75, 3.05) is 18.4 Å². The lowest BCUT2D eigenvalue weighted by Crippen LogP contribution is -2.38. The number of aryl methyl sites for hydroxylation is 1. The van der Waals surface area contributed by atoms with Gasteiger partial charge in [0.2, 0.25) is 9.84 Å². The molecule has 1 heterocycles. The molecule has 7 heteroatoms. The van der Waals surface area contributed by atoms with E-state index in [9.17, 15) is 17.2 Å². The SMILES string of the molecule is Cc1ccccc1CN1CCC(Nc2ccc(S(=O)(=O)C(F)F)cc2)CC1. The number of halogens is 2. The van der Waals surface area contributed by atoms with E-state index in [0.717, 1.165) is 38.2 Å². The molecule has 0 saturated carbocycles. The largest absolute Gasteiger partial charge is 0.382 e. The van der Waals surface area contributed by atoms with E-state index in [1.807, 2.05) is 6.07 Å². The van der Waals surface area contributed by atoms with Crippen LogP contribution in [0.25, 0.3) is 0 Å². The Bertz CT molecular complexity index is 862. The van der Waals surface area contributed by atoms with Gasteiger partial charge < -0.3 is 5.32 Å². The highest BCUT2D eigenvalue weighted by Gasteiger charge is 2.26. The molecule has 0 spiro atoms. The van der Waals surface area contributed by atoms with Gasteiger partial charge in [-0.15, -0.1) is 0 Å². The van der Waals surface area contributed by atoms with E-state index in [1.165, 1.54) is 23.3 Å². The van der Waals surface area contributed by atoms with Crippen molar-refractivity contribution in [1.82, 2.24) is 4.90 Å². The Labute approximate surface area is 159 Å². The van der Waals surface area contributed by atoms with Crippen LogP contribution in [-0.4, -0.2) is 38.2 Å². The molecule has 27 heavy (non-hydrogen) atoms. The first-order valence-corrected chi connectivity index (χ1v) is 10.6. The molecule has 3 rings (SSSR count). The van der Waals surface area contributed by atoms with Gasteiger partial charge in [0, 0.05) is 31.4 Å². The molecule has 0 aromatic heterocycles. The number of sulfone groups is 1. The fraction of sp³-hybridized carbons (Fsp3) is 0.400. The molecule has 2 aromatic carbocycles. The number of likely N-dealkylation sites (tertiary alicyclic amines) is 1. The number of alkyl halides is 2. The van der Waals surface area contributed by atoms with Crippen LogP contribution in [0.3, 0.4) is 0 Å². The normalized spacial score (nSPS) is 16.6. The predicted molar refractivity (Wildman–Crippen MR) is 103 cm³/mol. The third kappa shape index (κ3) is 4.84. The van der Waals surface area contributed by atoms with E-state index < -0.39 is 15.6 Å². The molecular formula is C20H24F2N2O2S. The maximum Gasteiger partial charge on any atom is 0.341 e. The Morgan fingerprint density at radius 1 is 1.07 bits per heavy atom. The second kappa shape index (κ2) is 8.35. The fourth-order valence-electron chi connectivity index (χ4n) is 3.34. The highest BCUT2D eigenvalue weighted by molar-refractivity contribution is 7.91. The van der Waals surface area contributed by atoms with Crippen molar-refractivity contribution in [3.63, 3.8) is 0 Å². The van der Waals surface area contributed by atoms with Crippen molar-refractivity contribution in [3.05, 3.63) is 59.7 Å². The molecule has 1 saturated heterocycles. The summed E-state index contributed by atoms with van der Waals surface area (Å²) in [5.41, 5.74) is 3.40. The molecule has 0 atom stereocenters. The van der Waals surface area contributed by atoms with Crippen molar-refractivity contribution in [1.29, 1.82) is 0 Å². The Morgan fingerprint density at radius 2 is 1.70 bits per heavy atom. The maximum atomic E-state index is 12.6. The highest BCUT2D eigenvalue weighted by Crippen LogP contribution is 2.23. The number of hydrogen-bond donors (Lipinski definition) is 1. The van der Waals surface area contributed by atoms with Crippen molar-refractivity contribution in [2.24, 2.45) is 0 Å². The van der Waals surface area contributed by atoms with Crippen molar-refractivity contribution >= 4 is 15.5 Å². The number of benzene rings is 2. The van der Waals surface area contributed by atoms with Crippen molar-refractivity contribution in [2.45, 2.75) is 43.0 Å². The van der Waals surface area contributed by atoms with E-state index >= 15 is 0 Å². The Balaban J connectivity index is 1.53. The molecule has 0 bridgehead atoms. The highest BCUT2D eigenvalue weighted by atomic mass is 32.2. The molecule has 0 unspecified atom stereocenters. The predicted octanol–water partition coefficient (Wildman–Crippen LogP) is 4.07. The third-order valence-electron chi connectivity index (χ3n) is 5.03. The van der Waals surface area contributed by atoms with Gasteiger partial charge in [0.05, 0.1) is 4.90 Å². The van der Waals surface area contributed by atoms with Gasteiger partial charge in [0.1, 0.15) is 0 Å². The van der Waals surface area contributed by atoms with Crippen LogP contribution >= 0.6 is 0 Å². The zero-order valence-electron chi connectivity index (χ0n) is 15.2. The average molecular weight is 394 g/mol. The van der Waals surface area contributed by atoms with Crippen LogP contribution < -0.4 is 5.32 Å². The van der Waals surface area contributed by atoms with E-state index in [-0.39, 0.29) is 10.9 Å². The summed E-state index contributed by atoms with van der Waals surface area (Å²) >= 11 is 0. The lowest BCUT2D eigenvalue weighted by Gasteiger charge is -2.33. The molecule has 1 aliphatic rings. The molecule has 2 aromatic rings. The van der Waals surface area contributed by atoms with Crippen LogP contribution in [0.5, 0.6) is 0 Å². The molecular weight excluding hydrogens is 370 g/mol. The summed E-state index contributed by atoms with van der Waals surface area (Å²) in [6, 6.07) is 14.3. The molecule has 1 aliphatic heterocycles. The second-order valence-electron chi connectivity index (χ2n) is 6.95. The maximum absolute atomic E-state index is 12.6. The summed E-state index contributed by atoms with van der Waals surface area (Å²) in [7, 11) is -4.54. The molecule has 146 valence electrons. The van der Waals surface area contributed by atoms with Gasteiger partial charge in [-0.25, -0.2) is 8.42 Å². The summed E-state index contributed by atoms with van der Waals surface area (Å²) in [5.74, 6) is -3.39. The van der Waals surface area contributed by atoms with Gasteiger partial charge >= 0.3 is 5.76 Å². The first-order valence-electron chi connectivity index (χ1n) is 9.02. The van der Waals surface area contributed by atoms with E-state index in [4.69, 9.17) is 0 Å². The lowest BCUT2D eigenvalue weighted by molar-refractivity contribution is 0.211. The van der Waals surface area contributed by atoms with Gasteiger partial charge in [-0.1, -0.05) is 24.3 Å². The smallest absolute Gasteiger partial charge is 0.341 e. The van der Waals surface area contributed by atoms with Crippen LogP contribution in [0.1, 0.15) is 24.0 Å². The molecule has 0 amide bonds. The third-order valence-corrected chi connectivity index (χ3v) is 6.43. The number of nitrogens with one attached hydrogen (secondary N) is 1. The van der Waals surface area contributed by atoms with Crippen LogP contribution in [0.15, 0.2) is 53.4 Å². The van der Waals surface area contributed by atoms with Crippen LogP contribution in [-0.2, 0) is 16.4 Å². The summed E-state index contributed by atoms with van der Waals surface area (Å²) in [6.45, 7) is 5.02. The minimum absolute atomic E-state index is 0.288. The number of hydrogen-bond acceptors (Lipinski definition) is 4.